The first-order valence-corrected chi connectivity index (χ1v) is 6.31. The van der Waals surface area contributed by atoms with Crippen molar-refractivity contribution in [1.29, 1.82) is 0 Å². The third-order valence-corrected chi connectivity index (χ3v) is 3.63. The number of nitrogens with zero attached hydrogens (tertiary/aromatic N) is 2. The van der Waals surface area contributed by atoms with Crippen molar-refractivity contribution in [3.8, 4) is 0 Å². The minimum Gasteiger partial charge on any atom is -0.480 e. The maximum absolute atomic E-state index is 12.9. The first kappa shape index (κ1) is 16.0. The predicted molar refractivity (Wildman–Crippen MR) is 67.4 cm³/mol. The van der Waals surface area contributed by atoms with Crippen LogP contribution in [-0.4, -0.2) is 39.9 Å². The maximum atomic E-state index is 12.9. The molecule has 120 valence electrons. The summed E-state index contributed by atoms with van der Waals surface area (Å²) in [6, 6.07) is 2.66. The Morgan fingerprint density at radius 2 is 2.14 bits per heavy atom. The van der Waals surface area contributed by atoms with Crippen LogP contribution in [0.1, 0.15) is 12.1 Å². The summed E-state index contributed by atoms with van der Waals surface area (Å²) in [7, 11) is 0. The molecule has 1 saturated heterocycles. The van der Waals surface area contributed by atoms with E-state index in [4.69, 9.17) is 5.73 Å². The zero-order valence-electron chi connectivity index (χ0n) is 11.2. The van der Waals surface area contributed by atoms with Crippen molar-refractivity contribution in [2.24, 2.45) is 11.3 Å². The third kappa shape index (κ3) is 2.95. The van der Waals surface area contributed by atoms with Gasteiger partial charge in [-0.3, -0.25) is 9.59 Å². The van der Waals surface area contributed by atoms with E-state index in [0.29, 0.717) is 0 Å². The van der Waals surface area contributed by atoms with Crippen LogP contribution < -0.4 is 11.1 Å². The van der Waals surface area contributed by atoms with Crippen LogP contribution in [0, 0.1) is 11.3 Å². The summed E-state index contributed by atoms with van der Waals surface area (Å²) in [5.74, 6) is -4.44. The molecule has 22 heavy (non-hydrogen) atoms. The van der Waals surface area contributed by atoms with Crippen molar-refractivity contribution < 1.29 is 27.9 Å². The number of hydrogen-bond donors (Lipinski definition) is 3. The molecular formula is C12H13F3N4O3. The SMILES string of the molecule is Nc1ccc(CC2(C(=O)O)C[C@@H](C(F)(F)F)CNC2=O)nn1. The summed E-state index contributed by atoms with van der Waals surface area (Å²) in [5, 5.41) is 18.5. The van der Waals surface area contributed by atoms with Gasteiger partial charge in [0.2, 0.25) is 5.91 Å². The van der Waals surface area contributed by atoms with Crippen LogP contribution in [0.4, 0.5) is 19.0 Å². The predicted octanol–water partition coefficient (Wildman–Crippen LogP) is 0.371. The molecule has 0 spiro atoms. The number of carboxylic acids is 1. The first-order valence-electron chi connectivity index (χ1n) is 6.31. The number of halogens is 3. The van der Waals surface area contributed by atoms with Crippen LogP contribution in [0.3, 0.4) is 0 Å². The number of aromatic nitrogens is 2. The number of nitrogen functional groups attached to an aromatic ring is 1. The van der Waals surface area contributed by atoms with Crippen molar-refractivity contribution in [3.63, 3.8) is 0 Å². The zero-order chi connectivity index (χ0) is 16.5. The van der Waals surface area contributed by atoms with Crippen molar-refractivity contribution in [1.82, 2.24) is 15.5 Å². The summed E-state index contributed by atoms with van der Waals surface area (Å²) in [6.45, 7) is -0.634. The number of piperidine rings is 1. The fourth-order valence-electron chi connectivity index (χ4n) is 2.39. The molecule has 1 aromatic heterocycles. The van der Waals surface area contributed by atoms with Gasteiger partial charge >= 0.3 is 12.1 Å². The fourth-order valence-corrected chi connectivity index (χ4v) is 2.39. The molecule has 2 rings (SSSR count). The van der Waals surface area contributed by atoms with E-state index >= 15 is 0 Å². The Bertz CT molecular complexity index is 590. The quantitative estimate of drug-likeness (QED) is 0.693. The van der Waals surface area contributed by atoms with Crippen molar-refractivity contribution in [2.45, 2.75) is 19.0 Å². The van der Waals surface area contributed by atoms with Crippen LogP contribution in [-0.2, 0) is 16.0 Å². The highest BCUT2D eigenvalue weighted by Gasteiger charge is 2.56. The number of carboxylic acid groups (broad SMARTS) is 1. The topological polar surface area (TPSA) is 118 Å². The number of amides is 1. The average molecular weight is 318 g/mol. The van der Waals surface area contributed by atoms with E-state index < -0.39 is 48.8 Å². The Morgan fingerprint density at radius 3 is 2.64 bits per heavy atom. The Kier molecular flexibility index (Phi) is 3.94. The molecule has 1 aliphatic heterocycles. The highest BCUT2D eigenvalue weighted by atomic mass is 19.4. The monoisotopic (exact) mass is 318 g/mol. The molecule has 7 nitrogen and oxygen atoms in total. The number of rotatable bonds is 3. The molecule has 0 saturated carbocycles. The molecule has 2 atom stereocenters. The molecule has 0 radical (unpaired) electrons. The molecule has 1 fully saturated rings. The number of carbonyl (C=O) groups excluding carboxylic acids is 1. The molecule has 0 aromatic carbocycles. The number of aliphatic carboxylic acids is 1. The summed E-state index contributed by atoms with van der Waals surface area (Å²) < 4.78 is 38.6. The zero-order valence-corrected chi connectivity index (χ0v) is 11.2. The first-order chi connectivity index (χ1) is 10.1. The van der Waals surface area contributed by atoms with E-state index in [1.807, 2.05) is 5.32 Å². The standard InChI is InChI=1S/C12H13F3N4O3/c13-12(14,15)6-3-11(10(21)22,9(20)17-5-6)4-7-1-2-8(16)19-18-7/h1-2,6H,3-5H2,(H2,16,19)(H,17,20)(H,21,22)/t6-,11?/m1/s1. The van der Waals surface area contributed by atoms with Crippen LogP contribution in [0.25, 0.3) is 0 Å². The van der Waals surface area contributed by atoms with E-state index in [1.54, 1.807) is 0 Å². The van der Waals surface area contributed by atoms with E-state index in [0.717, 1.165) is 0 Å². The molecule has 2 heterocycles. The highest BCUT2D eigenvalue weighted by molar-refractivity contribution is 6.02. The van der Waals surface area contributed by atoms with Gasteiger partial charge < -0.3 is 16.2 Å². The molecule has 0 bridgehead atoms. The van der Waals surface area contributed by atoms with E-state index in [2.05, 4.69) is 10.2 Å². The second kappa shape index (κ2) is 5.43. The summed E-state index contributed by atoms with van der Waals surface area (Å²) >= 11 is 0. The lowest BCUT2D eigenvalue weighted by Gasteiger charge is -2.37. The Balaban J connectivity index is 2.35. The maximum Gasteiger partial charge on any atom is 0.393 e. The Morgan fingerprint density at radius 1 is 1.45 bits per heavy atom. The van der Waals surface area contributed by atoms with Crippen LogP contribution in [0.5, 0.6) is 0 Å². The minimum absolute atomic E-state index is 0.0781. The second-order valence-corrected chi connectivity index (χ2v) is 5.17. The molecule has 10 heteroatoms. The van der Waals surface area contributed by atoms with Crippen LogP contribution in [0.15, 0.2) is 12.1 Å². The fraction of sp³-hybridized carbons (Fsp3) is 0.500. The molecule has 1 aromatic rings. The van der Waals surface area contributed by atoms with Gasteiger partial charge in [-0.05, 0) is 18.6 Å². The van der Waals surface area contributed by atoms with Gasteiger partial charge in [0, 0.05) is 13.0 Å². The van der Waals surface area contributed by atoms with Crippen molar-refractivity contribution in [3.05, 3.63) is 17.8 Å². The van der Waals surface area contributed by atoms with Gasteiger partial charge in [0.15, 0.2) is 5.41 Å². The lowest BCUT2D eigenvalue weighted by molar-refractivity contribution is -0.194. The molecule has 1 aliphatic rings. The Labute approximate surface area is 122 Å². The van der Waals surface area contributed by atoms with Crippen molar-refractivity contribution >= 4 is 17.7 Å². The summed E-state index contributed by atoms with van der Waals surface area (Å²) in [6.07, 6.45) is -5.93. The van der Waals surface area contributed by atoms with E-state index in [-0.39, 0.29) is 11.5 Å². The van der Waals surface area contributed by atoms with Gasteiger partial charge in [-0.1, -0.05) is 0 Å². The number of nitrogens with two attached hydrogens (primary N) is 1. The lowest BCUT2D eigenvalue weighted by Crippen LogP contribution is -2.57. The smallest absolute Gasteiger partial charge is 0.393 e. The number of nitrogens with one attached hydrogen (secondary N) is 1. The average Bonchev–Trinajstić information content (AvgIpc) is 2.42. The van der Waals surface area contributed by atoms with E-state index in [1.165, 1.54) is 12.1 Å². The highest BCUT2D eigenvalue weighted by Crippen LogP contribution is 2.41. The number of hydrogen-bond acceptors (Lipinski definition) is 5. The molecular weight excluding hydrogens is 305 g/mol. The van der Waals surface area contributed by atoms with Gasteiger partial charge in [-0.25, -0.2) is 0 Å². The molecule has 4 N–H and O–H groups in total. The summed E-state index contributed by atoms with van der Waals surface area (Å²) in [5.41, 5.74) is 3.19. The van der Waals surface area contributed by atoms with Gasteiger partial charge in [0.25, 0.3) is 0 Å². The molecule has 1 amide bonds. The van der Waals surface area contributed by atoms with Crippen LogP contribution >= 0.6 is 0 Å². The second-order valence-electron chi connectivity index (χ2n) is 5.17. The van der Waals surface area contributed by atoms with Crippen molar-refractivity contribution in [2.75, 3.05) is 12.3 Å². The number of anilines is 1. The minimum atomic E-state index is -4.60. The molecule has 1 unspecified atom stereocenters. The lowest BCUT2D eigenvalue weighted by atomic mass is 9.72. The largest absolute Gasteiger partial charge is 0.480 e. The van der Waals surface area contributed by atoms with Gasteiger partial charge in [0.05, 0.1) is 11.6 Å². The number of carbonyl (C=O) groups is 2. The normalized spacial score (nSPS) is 25.6. The number of alkyl halides is 3. The van der Waals surface area contributed by atoms with Gasteiger partial charge in [-0.2, -0.15) is 18.3 Å². The van der Waals surface area contributed by atoms with E-state index in [9.17, 15) is 27.9 Å². The van der Waals surface area contributed by atoms with Gasteiger partial charge in [0.1, 0.15) is 5.82 Å². The Hall–Kier alpha value is -2.39. The summed E-state index contributed by atoms with van der Waals surface area (Å²) in [4.78, 5) is 23.5. The van der Waals surface area contributed by atoms with Gasteiger partial charge in [-0.15, -0.1) is 5.10 Å². The van der Waals surface area contributed by atoms with Crippen LogP contribution in [0.2, 0.25) is 0 Å². The molecule has 0 aliphatic carbocycles. The third-order valence-electron chi connectivity index (χ3n) is 3.63.